The van der Waals surface area contributed by atoms with Crippen LogP contribution in [0, 0.1) is 0 Å². The molecule has 19 heavy (non-hydrogen) atoms. The molecule has 0 spiro atoms. The molecule has 0 aromatic carbocycles. The van der Waals surface area contributed by atoms with Crippen LogP contribution in [0.3, 0.4) is 0 Å². The van der Waals surface area contributed by atoms with Crippen molar-refractivity contribution in [2.75, 3.05) is 5.88 Å². The van der Waals surface area contributed by atoms with Gasteiger partial charge >= 0.3 is 0 Å². The summed E-state index contributed by atoms with van der Waals surface area (Å²) in [5.41, 5.74) is 0. The zero-order chi connectivity index (χ0) is 14.0. The zero-order valence-electron chi connectivity index (χ0n) is 13.1. The molecule has 0 heterocycles. The summed E-state index contributed by atoms with van der Waals surface area (Å²) in [6.45, 7) is 2.29. The Balaban J connectivity index is 2.93. The quantitative estimate of drug-likeness (QED) is 0.169. The second-order valence-electron chi connectivity index (χ2n) is 5.66. The van der Waals surface area contributed by atoms with E-state index in [1.165, 1.54) is 89.9 Å². The van der Waals surface area contributed by atoms with E-state index >= 15 is 0 Å². The van der Waals surface area contributed by atoms with E-state index in [1.54, 1.807) is 0 Å². The van der Waals surface area contributed by atoms with Crippen molar-refractivity contribution in [1.29, 1.82) is 0 Å². The second kappa shape index (κ2) is 18.0. The number of rotatable bonds is 15. The van der Waals surface area contributed by atoms with E-state index < -0.39 is 0 Å². The van der Waals surface area contributed by atoms with Crippen molar-refractivity contribution in [3.05, 3.63) is 12.2 Å². The van der Waals surface area contributed by atoms with Gasteiger partial charge in [-0.1, -0.05) is 96.1 Å². The minimum Gasteiger partial charge on any atom is -0.122 e. The van der Waals surface area contributed by atoms with Gasteiger partial charge in [-0.2, -0.15) is 0 Å². The molecule has 0 aliphatic heterocycles. The molecule has 114 valence electrons. The molecule has 0 nitrogen and oxygen atoms in total. The summed E-state index contributed by atoms with van der Waals surface area (Å²) in [7, 11) is 0. The highest BCUT2D eigenvalue weighted by molar-refractivity contribution is 6.18. The Kier molecular flexibility index (Phi) is 18.1. The van der Waals surface area contributed by atoms with Gasteiger partial charge in [0.05, 0.1) is 0 Å². The monoisotopic (exact) mass is 286 g/mol. The highest BCUT2D eigenvalue weighted by Gasteiger charge is 1.93. The van der Waals surface area contributed by atoms with E-state index in [4.69, 9.17) is 11.6 Å². The van der Waals surface area contributed by atoms with Crippen molar-refractivity contribution >= 4 is 11.6 Å². The Morgan fingerprint density at radius 3 is 1.42 bits per heavy atom. The average Bonchev–Trinajstić information content (AvgIpc) is 2.43. The molecular formula is C18H35Cl. The Bertz CT molecular complexity index is 175. The minimum absolute atomic E-state index is 0.665. The minimum atomic E-state index is 0.665. The van der Waals surface area contributed by atoms with Crippen LogP contribution in [0.15, 0.2) is 12.2 Å². The van der Waals surface area contributed by atoms with E-state index in [-0.39, 0.29) is 0 Å². The molecule has 0 unspecified atom stereocenters. The van der Waals surface area contributed by atoms with Crippen LogP contribution in [0.5, 0.6) is 0 Å². The smallest absolute Gasteiger partial charge is 0.0404 e. The summed E-state index contributed by atoms with van der Waals surface area (Å²) >= 11 is 5.57. The van der Waals surface area contributed by atoms with Crippen LogP contribution in [0.1, 0.15) is 96.8 Å². The van der Waals surface area contributed by atoms with Gasteiger partial charge in [-0.3, -0.25) is 0 Å². The standard InChI is InChI=1S/C18H35Cl/c1-2-3-4-5-6-7-8-9-10-11-12-13-14-15-16-17-18-19/h16-17H,2-15,18H2,1H3/b17-16+. The number of hydrogen-bond donors (Lipinski definition) is 0. The summed E-state index contributed by atoms with van der Waals surface area (Å²) in [6, 6.07) is 0. The first-order valence-electron chi connectivity index (χ1n) is 8.62. The van der Waals surface area contributed by atoms with Gasteiger partial charge in [-0.25, -0.2) is 0 Å². The molecular weight excluding hydrogens is 252 g/mol. The number of alkyl halides is 1. The van der Waals surface area contributed by atoms with Crippen LogP contribution in [-0.2, 0) is 0 Å². The maximum atomic E-state index is 5.57. The van der Waals surface area contributed by atoms with Crippen LogP contribution in [0.4, 0.5) is 0 Å². The van der Waals surface area contributed by atoms with Crippen LogP contribution in [-0.4, -0.2) is 5.88 Å². The number of halogens is 1. The van der Waals surface area contributed by atoms with Gasteiger partial charge in [0.25, 0.3) is 0 Å². The highest BCUT2D eigenvalue weighted by atomic mass is 35.5. The number of unbranched alkanes of at least 4 members (excludes halogenated alkanes) is 13. The Morgan fingerprint density at radius 1 is 0.579 bits per heavy atom. The van der Waals surface area contributed by atoms with Gasteiger partial charge < -0.3 is 0 Å². The fourth-order valence-corrected chi connectivity index (χ4v) is 2.59. The van der Waals surface area contributed by atoms with Crippen LogP contribution in [0.2, 0.25) is 0 Å². The maximum absolute atomic E-state index is 5.57. The SMILES string of the molecule is CCCCCCCCCCCCCCC/C=C/CCl. The van der Waals surface area contributed by atoms with Crippen LogP contribution >= 0.6 is 11.6 Å². The lowest BCUT2D eigenvalue weighted by Crippen LogP contribution is -1.82. The summed E-state index contributed by atoms with van der Waals surface area (Å²) in [6.07, 6.45) is 24.1. The zero-order valence-corrected chi connectivity index (χ0v) is 13.9. The first kappa shape index (κ1) is 19.0. The predicted molar refractivity (Wildman–Crippen MR) is 90.2 cm³/mol. The average molecular weight is 287 g/mol. The molecule has 0 saturated heterocycles. The van der Waals surface area contributed by atoms with E-state index in [0.29, 0.717) is 5.88 Å². The van der Waals surface area contributed by atoms with Crippen molar-refractivity contribution in [3.8, 4) is 0 Å². The van der Waals surface area contributed by atoms with Crippen LogP contribution < -0.4 is 0 Å². The normalized spacial score (nSPS) is 11.5. The largest absolute Gasteiger partial charge is 0.122 e. The van der Waals surface area contributed by atoms with Crippen LogP contribution in [0.25, 0.3) is 0 Å². The van der Waals surface area contributed by atoms with E-state index in [0.717, 1.165) is 0 Å². The molecule has 1 heteroatoms. The molecule has 0 aromatic rings. The van der Waals surface area contributed by atoms with Gasteiger partial charge in [0.15, 0.2) is 0 Å². The fraction of sp³-hybridized carbons (Fsp3) is 0.889. The third kappa shape index (κ3) is 18.0. The van der Waals surface area contributed by atoms with Gasteiger partial charge in [-0.15, -0.1) is 11.6 Å². The lowest BCUT2D eigenvalue weighted by Gasteiger charge is -2.02. The highest BCUT2D eigenvalue weighted by Crippen LogP contribution is 2.12. The lowest BCUT2D eigenvalue weighted by atomic mass is 10.0. The topological polar surface area (TPSA) is 0 Å². The van der Waals surface area contributed by atoms with Gasteiger partial charge in [0, 0.05) is 5.88 Å². The molecule has 0 aromatic heterocycles. The Hall–Kier alpha value is 0.0300. The number of allylic oxidation sites excluding steroid dienone is 2. The van der Waals surface area contributed by atoms with Gasteiger partial charge in [0.2, 0.25) is 0 Å². The third-order valence-corrected chi connectivity index (χ3v) is 3.91. The Labute approximate surface area is 127 Å². The molecule has 0 bridgehead atoms. The Morgan fingerprint density at radius 2 is 1.00 bits per heavy atom. The summed E-state index contributed by atoms with van der Waals surface area (Å²) < 4.78 is 0. The molecule has 0 atom stereocenters. The molecule has 0 N–H and O–H groups in total. The van der Waals surface area contributed by atoms with E-state index in [9.17, 15) is 0 Å². The maximum Gasteiger partial charge on any atom is 0.0404 e. The second-order valence-corrected chi connectivity index (χ2v) is 5.97. The van der Waals surface area contributed by atoms with Crippen molar-refractivity contribution in [2.24, 2.45) is 0 Å². The molecule has 0 saturated carbocycles. The predicted octanol–water partition coefficient (Wildman–Crippen LogP) is 7.26. The summed E-state index contributed by atoms with van der Waals surface area (Å²) in [4.78, 5) is 0. The van der Waals surface area contributed by atoms with E-state index in [1.807, 2.05) is 0 Å². The first-order chi connectivity index (χ1) is 9.41. The fourth-order valence-electron chi connectivity index (χ4n) is 2.46. The molecule has 0 amide bonds. The van der Waals surface area contributed by atoms with Gasteiger partial charge in [-0.05, 0) is 12.8 Å². The first-order valence-corrected chi connectivity index (χ1v) is 9.16. The third-order valence-electron chi connectivity index (χ3n) is 3.73. The lowest BCUT2D eigenvalue weighted by molar-refractivity contribution is 0.540. The van der Waals surface area contributed by atoms with Crippen molar-refractivity contribution in [1.82, 2.24) is 0 Å². The molecule has 0 aliphatic rings. The van der Waals surface area contributed by atoms with Crippen molar-refractivity contribution < 1.29 is 0 Å². The molecule has 0 aliphatic carbocycles. The van der Waals surface area contributed by atoms with E-state index in [2.05, 4.69) is 19.1 Å². The van der Waals surface area contributed by atoms with Gasteiger partial charge in [0.1, 0.15) is 0 Å². The summed E-state index contributed by atoms with van der Waals surface area (Å²) in [5.74, 6) is 0.665. The van der Waals surface area contributed by atoms with Crippen molar-refractivity contribution in [3.63, 3.8) is 0 Å². The van der Waals surface area contributed by atoms with Crippen molar-refractivity contribution in [2.45, 2.75) is 96.8 Å². The number of hydrogen-bond acceptors (Lipinski definition) is 0. The molecule has 0 fully saturated rings. The molecule has 0 rings (SSSR count). The molecule has 0 radical (unpaired) electrons. The summed E-state index contributed by atoms with van der Waals surface area (Å²) in [5, 5.41) is 0.